The molecule has 2 rings (SSSR count). The van der Waals surface area contributed by atoms with E-state index in [-0.39, 0.29) is 0 Å². The molecule has 20 heavy (non-hydrogen) atoms. The monoisotopic (exact) mass is 269 g/mol. The summed E-state index contributed by atoms with van der Waals surface area (Å²) in [5.74, 6) is 1.26. The quantitative estimate of drug-likeness (QED) is 0.775. The van der Waals surface area contributed by atoms with Gasteiger partial charge < -0.3 is 10.8 Å². The Morgan fingerprint density at radius 1 is 0.800 bits per heavy atom. The van der Waals surface area contributed by atoms with E-state index in [1.807, 2.05) is 24.3 Å². The summed E-state index contributed by atoms with van der Waals surface area (Å²) in [6.07, 6.45) is 2.16. The molecule has 2 heteroatoms. The van der Waals surface area contributed by atoms with Gasteiger partial charge in [0.25, 0.3) is 0 Å². The molecule has 2 atom stereocenters. The van der Waals surface area contributed by atoms with Gasteiger partial charge in [-0.3, -0.25) is 0 Å². The Balaban J connectivity index is 2.32. The van der Waals surface area contributed by atoms with Crippen LogP contribution in [0.1, 0.15) is 49.7 Å². The summed E-state index contributed by atoms with van der Waals surface area (Å²) >= 11 is 0. The molecule has 3 N–H and O–H groups in total. The van der Waals surface area contributed by atoms with Gasteiger partial charge in [0.15, 0.2) is 0 Å². The lowest BCUT2D eigenvalue weighted by atomic mass is 9.78. The number of nitrogens with two attached hydrogens (primary N) is 1. The number of hydrogen-bond donors (Lipinski definition) is 2. The van der Waals surface area contributed by atoms with Crippen LogP contribution in [0.5, 0.6) is 5.75 Å². The summed E-state index contributed by atoms with van der Waals surface area (Å²) < 4.78 is 0. The molecule has 0 saturated heterocycles. The predicted molar refractivity (Wildman–Crippen MR) is 85.0 cm³/mol. The van der Waals surface area contributed by atoms with Crippen molar-refractivity contribution in [1.82, 2.24) is 0 Å². The second-order valence-electron chi connectivity index (χ2n) is 5.29. The van der Waals surface area contributed by atoms with Crippen LogP contribution >= 0.6 is 0 Å². The van der Waals surface area contributed by atoms with Crippen molar-refractivity contribution in [3.8, 4) is 5.75 Å². The first-order chi connectivity index (χ1) is 9.65. The SMILES string of the molecule is CC[C@H](c1ccc(O)cc1)[C@@H](CC)c1ccc(N)cc1. The van der Waals surface area contributed by atoms with Gasteiger partial charge in [-0.2, -0.15) is 0 Å². The molecule has 0 unspecified atom stereocenters. The molecule has 2 nitrogen and oxygen atoms in total. The lowest BCUT2D eigenvalue weighted by Gasteiger charge is -2.26. The first kappa shape index (κ1) is 14.4. The molecule has 2 aromatic rings. The average Bonchev–Trinajstić information content (AvgIpc) is 2.47. The summed E-state index contributed by atoms with van der Waals surface area (Å²) in [5.41, 5.74) is 9.20. The van der Waals surface area contributed by atoms with Crippen molar-refractivity contribution in [3.63, 3.8) is 0 Å². The zero-order chi connectivity index (χ0) is 14.5. The Labute approximate surface area is 121 Å². The molecule has 0 aliphatic heterocycles. The van der Waals surface area contributed by atoms with E-state index in [4.69, 9.17) is 5.73 Å². The molecule has 0 aliphatic rings. The number of aromatic hydroxyl groups is 1. The van der Waals surface area contributed by atoms with E-state index in [9.17, 15) is 5.11 Å². The minimum atomic E-state index is 0.323. The van der Waals surface area contributed by atoms with Gasteiger partial charge in [-0.15, -0.1) is 0 Å². The van der Waals surface area contributed by atoms with E-state index >= 15 is 0 Å². The standard InChI is InChI=1S/C18H23NO/c1-3-17(13-5-9-15(19)10-6-13)18(4-2)14-7-11-16(20)12-8-14/h5-12,17-18,20H,3-4,19H2,1-2H3/t17-,18+/m0/s1. The van der Waals surface area contributed by atoms with Crippen molar-refractivity contribution in [3.05, 3.63) is 59.7 Å². The van der Waals surface area contributed by atoms with Crippen LogP contribution in [0.3, 0.4) is 0 Å². The predicted octanol–water partition coefficient (Wildman–Crippen LogP) is 4.66. The molecule has 0 aliphatic carbocycles. The third-order valence-electron chi connectivity index (χ3n) is 4.05. The fourth-order valence-corrected chi connectivity index (χ4v) is 2.97. The normalized spacial score (nSPS) is 13.9. The number of phenolic OH excluding ortho intramolecular Hbond substituents is 1. The number of phenols is 1. The molecule has 0 spiro atoms. The van der Waals surface area contributed by atoms with Crippen molar-refractivity contribution in [1.29, 1.82) is 0 Å². The Hall–Kier alpha value is -1.96. The van der Waals surface area contributed by atoms with E-state index in [1.54, 1.807) is 12.1 Å². The highest BCUT2D eigenvalue weighted by Gasteiger charge is 2.21. The first-order valence-corrected chi connectivity index (χ1v) is 7.30. The number of anilines is 1. The van der Waals surface area contributed by atoms with Crippen LogP contribution in [0.4, 0.5) is 5.69 Å². The highest BCUT2D eigenvalue weighted by atomic mass is 16.3. The molecule has 0 radical (unpaired) electrons. The highest BCUT2D eigenvalue weighted by Crippen LogP contribution is 2.38. The van der Waals surface area contributed by atoms with E-state index < -0.39 is 0 Å². The average molecular weight is 269 g/mol. The maximum Gasteiger partial charge on any atom is 0.115 e. The minimum Gasteiger partial charge on any atom is -0.508 e. The molecular weight excluding hydrogens is 246 g/mol. The molecule has 0 heterocycles. The smallest absolute Gasteiger partial charge is 0.115 e. The van der Waals surface area contributed by atoms with Crippen LogP contribution in [0.25, 0.3) is 0 Å². The lowest BCUT2D eigenvalue weighted by molar-refractivity contribution is 0.473. The van der Waals surface area contributed by atoms with Gasteiger partial charge in [0, 0.05) is 5.69 Å². The molecule has 2 aromatic carbocycles. The minimum absolute atomic E-state index is 0.323. The van der Waals surface area contributed by atoms with Gasteiger partial charge in [-0.05, 0) is 60.1 Å². The van der Waals surface area contributed by atoms with Crippen LogP contribution in [-0.2, 0) is 0 Å². The first-order valence-electron chi connectivity index (χ1n) is 7.30. The fraction of sp³-hybridized carbons (Fsp3) is 0.333. The van der Waals surface area contributed by atoms with Crippen molar-refractivity contribution in [2.24, 2.45) is 0 Å². The van der Waals surface area contributed by atoms with Crippen molar-refractivity contribution in [2.75, 3.05) is 5.73 Å². The van der Waals surface area contributed by atoms with Gasteiger partial charge in [0.1, 0.15) is 5.75 Å². The molecule has 0 fully saturated rings. The summed E-state index contributed by atoms with van der Waals surface area (Å²) in [6.45, 7) is 4.45. The third-order valence-corrected chi connectivity index (χ3v) is 4.05. The van der Waals surface area contributed by atoms with E-state index in [2.05, 4.69) is 26.0 Å². The van der Waals surface area contributed by atoms with Crippen molar-refractivity contribution >= 4 is 5.69 Å². The highest BCUT2D eigenvalue weighted by molar-refractivity contribution is 5.41. The van der Waals surface area contributed by atoms with Gasteiger partial charge in [-0.1, -0.05) is 38.1 Å². The van der Waals surface area contributed by atoms with Crippen molar-refractivity contribution in [2.45, 2.75) is 38.5 Å². The van der Waals surface area contributed by atoms with Gasteiger partial charge in [0.2, 0.25) is 0 Å². The second-order valence-corrected chi connectivity index (χ2v) is 5.29. The maximum absolute atomic E-state index is 9.44. The Bertz CT molecular complexity index is 479. The van der Waals surface area contributed by atoms with E-state index in [1.165, 1.54) is 11.1 Å². The summed E-state index contributed by atoms with van der Waals surface area (Å²) in [4.78, 5) is 0. The zero-order valence-corrected chi connectivity index (χ0v) is 12.2. The van der Waals surface area contributed by atoms with Crippen molar-refractivity contribution < 1.29 is 5.11 Å². The Morgan fingerprint density at radius 3 is 1.60 bits per heavy atom. The molecule has 106 valence electrons. The second kappa shape index (κ2) is 6.47. The number of benzene rings is 2. The van der Waals surface area contributed by atoms with Crippen LogP contribution in [-0.4, -0.2) is 5.11 Å². The molecule has 0 bridgehead atoms. The molecule has 0 aromatic heterocycles. The lowest BCUT2D eigenvalue weighted by Crippen LogP contribution is -2.10. The molecule has 0 saturated carbocycles. The van der Waals surface area contributed by atoms with Crippen LogP contribution in [0, 0.1) is 0 Å². The Morgan fingerprint density at radius 2 is 1.20 bits per heavy atom. The van der Waals surface area contributed by atoms with E-state index in [0.717, 1.165) is 18.5 Å². The fourth-order valence-electron chi connectivity index (χ4n) is 2.97. The number of rotatable bonds is 5. The largest absolute Gasteiger partial charge is 0.508 e. The van der Waals surface area contributed by atoms with Gasteiger partial charge >= 0.3 is 0 Å². The number of nitrogen functional groups attached to an aromatic ring is 1. The molecular formula is C18H23NO. The van der Waals surface area contributed by atoms with Crippen LogP contribution in [0.2, 0.25) is 0 Å². The summed E-state index contributed by atoms with van der Waals surface area (Å²) in [6, 6.07) is 15.8. The maximum atomic E-state index is 9.44. The molecule has 0 amide bonds. The third kappa shape index (κ3) is 3.13. The van der Waals surface area contributed by atoms with Crippen LogP contribution in [0.15, 0.2) is 48.5 Å². The number of hydrogen-bond acceptors (Lipinski definition) is 2. The Kier molecular flexibility index (Phi) is 4.67. The zero-order valence-electron chi connectivity index (χ0n) is 12.2. The van der Waals surface area contributed by atoms with E-state index in [0.29, 0.717) is 17.6 Å². The summed E-state index contributed by atoms with van der Waals surface area (Å²) in [5, 5.41) is 9.44. The summed E-state index contributed by atoms with van der Waals surface area (Å²) in [7, 11) is 0. The van der Waals surface area contributed by atoms with Gasteiger partial charge in [-0.25, -0.2) is 0 Å². The van der Waals surface area contributed by atoms with Crippen LogP contribution < -0.4 is 5.73 Å². The topological polar surface area (TPSA) is 46.2 Å². The van der Waals surface area contributed by atoms with Gasteiger partial charge in [0.05, 0.1) is 0 Å².